The summed E-state index contributed by atoms with van der Waals surface area (Å²) in [6.07, 6.45) is 27.9. The molecule has 0 rings (SSSR count). The standard InChI is InChI=1S/C43H89N2O8P/c1-7-8-9-10-11-12-13-14-15-16-17-18-19-20-25-28-31-34-41(47)43(49)44-39(37-53-54(50,51)52-36-35-45(4,5)6)42(48)40(46)33-30-27-24-22-21-23-26-29-32-38(2)3/h38-42,46-48H,7-37H2,1-6H3,(H-,44,49,50,51)/t39-,40+,41?,42-/m0/s1. The van der Waals surface area contributed by atoms with Crippen molar-refractivity contribution in [1.82, 2.24) is 5.32 Å². The van der Waals surface area contributed by atoms with Crippen LogP contribution in [0.4, 0.5) is 0 Å². The summed E-state index contributed by atoms with van der Waals surface area (Å²) < 4.78 is 23.0. The number of hydrogen-bond donors (Lipinski definition) is 4. The van der Waals surface area contributed by atoms with Crippen LogP contribution in [-0.2, 0) is 18.4 Å². The molecule has 1 amide bonds. The van der Waals surface area contributed by atoms with E-state index in [0.717, 1.165) is 44.4 Å². The van der Waals surface area contributed by atoms with Crippen LogP contribution in [0.2, 0.25) is 0 Å². The molecule has 0 aliphatic carbocycles. The molecule has 11 heteroatoms. The number of carbonyl (C=O) groups excluding carboxylic acids is 1. The largest absolute Gasteiger partial charge is 0.756 e. The van der Waals surface area contributed by atoms with E-state index < -0.39 is 44.7 Å². The molecule has 0 aromatic heterocycles. The summed E-state index contributed by atoms with van der Waals surface area (Å²) in [5, 5.41) is 35.0. The topological polar surface area (TPSA) is 148 Å². The number of phosphoric acid groups is 1. The minimum Gasteiger partial charge on any atom is -0.756 e. The third-order valence-corrected chi connectivity index (χ3v) is 11.4. The van der Waals surface area contributed by atoms with Gasteiger partial charge in [-0.2, -0.15) is 0 Å². The number of amides is 1. The molecular weight excluding hydrogens is 703 g/mol. The van der Waals surface area contributed by atoms with Crippen molar-refractivity contribution < 1.29 is 43.1 Å². The first-order valence-corrected chi connectivity index (χ1v) is 23.9. The molecule has 0 radical (unpaired) electrons. The fourth-order valence-corrected chi connectivity index (χ4v) is 7.46. The van der Waals surface area contributed by atoms with Crippen molar-refractivity contribution in [2.24, 2.45) is 5.92 Å². The predicted molar refractivity (Wildman–Crippen MR) is 222 cm³/mol. The van der Waals surface area contributed by atoms with Gasteiger partial charge in [0.2, 0.25) is 5.91 Å². The number of rotatable bonds is 40. The first kappa shape index (κ1) is 53.4. The van der Waals surface area contributed by atoms with E-state index in [4.69, 9.17) is 9.05 Å². The number of hydrogen-bond acceptors (Lipinski definition) is 8. The van der Waals surface area contributed by atoms with Gasteiger partial charge in [0.05, 0.1) is 39.9 Å². The zero-order valence-electron chi connectivity index (χ0n) is 36.1. The van der Waals surface area contributed by atoms with Crippen LogP contribution in [0.1, 0.15) is 201 Å². The van der Waals surface area contributed by atoms with Crippen LogP contribution in [0.25, 0.3) is 0 Å². The first-order chi connectivity index (χ1) is 25.7. The minimum absolute atomic E-state index is 0.0809. The summed E-state index contributed by atoms with van der Waals surface area (Å²) in [5.74, 6) is 0.0390. The quantitative estimate of drug-likeness (QED) is 0.0273. The summed E-state index contributed by atoms with van der Waals surface area (Å²) in [4.78, 5) is 25.4. The van der Waals surface area contributed by atoms with Crippen LogP contribution in [0, 0.1) is 5.92 Å². The molecule has 0 aromatic carbocycles. The summed E-state index contributed by atoms with van der Waals surface area (Å²) in [7, 11) is 0.987. The lowest BCUT2D eigenvalue weighted by atomic mass is 9.99. The molecular formula is C43H89N2O8P. The van der Waals surface area contributed by atoms with Crippen molar-refractivity contribution in [2.45, 2.75) is 225 Å². The maximum atomic E-state index is 13.0. The Bertz CT molecular complexity index is 903. The summed E-state index contributed by atoms with van der Waals surface area (Å²) in [5.41, 5.74) is 0. The second-order valence-electron chi connectivity index (χ2n) is 17.5. The number of aliphatic hydroxyl groups excluding tert-OH is 3. The third-order valence-electron chi connectivity index (χ3n) is 10.5. The molecule has 0 fully saturated rings. The highest BCUT2D eigenvalue weighted by molar-refractivity contribution is 7.45. The second-order valence-corrected chi connectivity index (χ2v) is 18.9. The fourth-order valence-electron chi connectivity index (χ4n) is 6.74. The van der Waals surface area contributed by atoms with Gasteiger partial charge in [-0.1, -0.05) is 188 Å². The van der Waals surface area contributed by atoms with Gasteiger partial charge in [0, 0.05) is 0 Å². The zero-order chi connectivity index (χ0) is 40.5. The van der Waals surface area contributed by atoms with Gasteiger partial charge >= 0.3 is 0 Å². The molecule has 54 heavy (non-hydrogen) atoms. The molecule has 0 saturated carbocycles. The van der Waals surface area contributed by atoms with Gasteiger partial charge in [0.25, 0.3) is 7.82 Å². The third kappa shape index (κ3) is 34.7. The number of quaternary nitrogens is 1. The smallest absolute Gasteiger partial charge is 0.268 e. The molecule has 4 N–H and O–H groups in total. The Labute approximate surface area is 333 Å². The van der Waals surface area contributed by atoms with Crippen LogP contribution >= 0.6 is 7.82 Å². The van der Waals surface area contributed by atoms with Crippen molar-refractivity contribution in [3.63, 3.8) is 0 Å². The number of likely N-dealkylation sites (N-methyl/N-ethyl adjacent to an activating group) is 1. The molecule has 0 spiro atoms. The van der Waals surface area contributed by atoms with Crippen molar-refractivity contribution in [2.75, 3.05) is 40.9 Å². The molecule has 0 aliphatic heterocycles. The molecule has 0 aromatic rings. The summed E-state index contributed by atoms with van der Waals surface area (Å²) >= 11 is 0. The molecule has 0 aliphatic rings. The monoisotopic (exact) mass is 793 g/mol. The van der Waals surface area contributed by atoms with Crippen molar-refractivity contribution >= 4 is 13.7 Å². The molecule has 324 valence electrons. The van der Waals surface area contributed by atoms with Gasteiger partial charge < -0.3 is 39.1 Å². The van der Waals surface area contributed by atoms with Crippen molar-refractivity contribution in [3.05, 3.63) is 0 Å². The van der Waals surface area contributed by atoms with E-state index in [1.165, 1.54) is 116 Å². The average molecular weight is 793 g/mol. The highest BCUT2D eigenvalue weighted by Crippen LogP contribution is 2.38. The van der Waals surface area contributed by atoms with E-state index in [0.29, 0.717) is 30.3 Å². The summed E-state index contributed by atoms with van der Waals surface area (Å²) in [6, 6.07) is -1.24. The Morgan fingerprint density at radius 3 is 1.43 bits per heavy atom. The molecule has 5 atom stereocenters. The second kappa shape index (κ2) is 34.5. The maximum absolute atomic E-state index is 13.0. The van der Waals surface area contributed by atoms with Crippen LogP contribution in [0.15, 0.2) is 0 Å². The number of phosphoric ester groups is 1. The maximum Gasteiger partial charge on any atom is 0.268 e. The first-order valence-electron chi connectivity index (χ1n) is 22.4. The lowest BCUT2D eigenvalue weighted by Crippen LogP contribution is -2.53. The zero-order valence-corrected chi connectivity index (χ0v) is 37.0. The van der Waals surface area contributed by atoms with Gasteiger partial charge in [-0.15, -0.1) is 0 Å². The van der Waals surface area contributed by atoms with Crippen molar-refractivity contribution in [3.8, 4) is 0 Å². The van der Waals surface area contributed by atoms with Crippen LogP contribution in [0.3, 0.4) is 0 Å². The van der Waals surface area contributed by atoms with Gasteiger partial charge in [0.15, 0.2) is 0 Å². The van der Waals surface area contributed by atoms with Crippen LogP contribution in [-0.4, -0.2) is 91.0 Å². The van der Waals surface area contributed by atoms with Gasteiger partial charge in [-0.05, 0) is 18.8 Å². The molecule has 0 heterocycles. The van der Waals surface area contributed by atoms with Crippen molar-refractivity contribution in [1.29, 1.82) is 0 Å². The van der Waals surface area contributed by atoms with Gasteiger partial charge in [-0.25, -0.2) is 0 Å². The Morgan fingerprint density at radius 2 is 1.02 bits per heavy atom. The van der Waals surface area contributed by atoms with Gasteiger partial charge in [0.1, 0.15) is 25.4 Å². The molecule has 2 unspecified atom stereocenters. The normalized spacial score (nSPS) is 15.6. The average Bonchev–Trinajstić information content (AvgIpc) is 3.10. The van der Waals surface area contributed by atoms with E-state index in [2.05, 4.69) is 26.1 Å². The van der Waals surface area contributed by atoms with E-state index in [1.54, 1.807) is 0 Å². The Hall–Kier alpha value is -0.580. The lowest BCUT2D eigenvalue weighted by molar-refractivity contribution is -0.870. The number of unbranched alkanes of at least 4 members (excludes halogenated alkanes) is 23. The molecule has 10 nitrogen and oxygen atoms in total. The molecule has 0 saturated heterocycles. The van der Waals surface area contributed by atoms with E-state index in [9.17, 15) is 29.6 Å². The Kier molecular flexibility index (Phi) is 34.1. The van der Waals surface area contributed by atoms with E-state index in [-0.39, 0.29) is 13.0 Å². The van der Waals surface area contributed by atoms with Crippen LogP contribution < -0.4 is 10.2 Å². The number of carbonyl (C=O) groups is 1. The number of aliphatic hydroxyl groups is 3. The van der Waals surface area contributed by atoms with E-state index >= 15 is 0 Å². The Morgan fingerprint density at radius 1 is 0.630 bits per heavy atom. The predicted octanol–water partition coefficient (Wildman–Crippen LogP) is 9.36. The molecule has 0 bridgehead atoms. The number of nitrogens with one attached hydrogen (secondary N) is 1. The highest BCUT2D eigenvalue weighted by atomic mass is 31.2. The van der Waals surface area contributed by atoms with Gasteiger partial charge in [-0.3, -0.25) is 9.36 Å². The number of nitrogens with zero attached hydrogens (tertiary/aromatic N) is 1. The highest BCUT2D eigenvalue weighted by Gasteiger charge is 2.31. The van der Waals surface area contributed by atoms with Crippen LogP contribution in [0.5, 0.6) is 0 Å². The minimum atomic E-state index is -4.73. The fraction of sp³-hybridized carbons (Fsp3) is 0.977. The lowest BCUT2D eigenvalue weighted by Gasteiger charge is -2.31. The van der Waals surface area contributed by atoms with E-state index in [1.807, 2.05) is 21.1 Å². The Balaban J connectivity index is 4.56. The SMILES string of the molecule is CCCCCCCCCCCCCCCCCCCC(O)C(=O)N[C@@H](COP(=O)([O-])OCC[N+](C)(C)C)[C@H](O)[C@H](O)CCCCCCCCCCC(C)C. The summed E-state index contributed by atoms with van der Waals surface area (Å²) in [6.45, 7) is 6.51.